The van der Waals surface area contributed by atoms with Crippen molar-refractivity contribution in [2.75, 3.05) is 13.1 Å². The normalized spacial score (nSPS) is 21.4. The molecule has 132 valence electrons. The molecule has 0 saturated carbocycles. The summed E-state index contributed by atoms with van der Waals surface area (Å²) in [6, 6.07) is 6.16. The van der Waals surface area contributed by atoms with E-state index in [2.05, 4.69) is 35.8 Å². The lowest BCUT2D eigenvalue weighted by Crippen LogP contribution is -2.37. The molecule has 0 aromatic carbocycles. The van der Waals surface area contributed by atoms with E-state index in [0.717, 1.165) is 11.3 Å². The van der Waals surface area contributed by atoms with Gasteiger partial charge in [-0.2, -0.15) is 4.98 Å². The molecular formula is C17H21FN6O. The van der Waals surface area contributed by atoms with Gasteiger partial charge >= 0.3 is 0 Å². The summed E-state index contributed by atoms with van der Waals surface area (Å²) in [7, 11) is 0. The van der Waals surface area contributed by atoms with E-state index >= 15 is 0 Å². The molecule has 4 rings (SSSR count). The van der Waals surface area contributed by atoms with E-state index in [4.69, 9.17) is 4.52 Å². The Morgan fingerprint density at radius 1 is 1.40 bits per heavy atom. The van der Waals surface area contributed by atoms with Crippen molar-refractivity contribution in [1.82, 2.24) is 29.7 Å². The molecule has 1 aliphatic heterocycles. The maximum absolute atomic E-state index is 13.9. The van der Waals surface area contributed by atoms with Crippen molar-refractivity contribution in [3.63, 3.8) is 0 Å². The van der Waals surface area contributed by atoms with Crippen LogP contribution in [0.1, 0.15) is 23.8 Å². The SMILES string of the molecule is Cc1nc(CN2C[C@@H](F)C[C@H]2CNCc2cccc3nccn23)no1. The fraction of sp³-hybridized carbons (Fsp3) is 0.471. The van der Waals surface area contributed by atoms with Crippen molar-refractivity contribution in [3.8, 4) is 0 Å². The maximum atomic E-state index is 13.9. The van der Waals surface area contributed by atoms with E-state index in [1.54, 1.807) is 13.1 Å². The number of likely N-dealkylation sites (tertiary alicyclic amines) is 1. The van der Waals surface area contributed by atoms with E-state index < -0.39 is 6.17 Å². The van der Waals surface area contributed by atoms with Crippen LogP contribution in [-0.4, -0.2) is 49.7 Å². The fourth-order valence-corrected chi connectivity index (χ4v) is 3.43. The second kappa shape index (κ2) is 6.89. The zero-order valence-corrected chi connectivity index (χ0v) is 14.1. The highest BCUT2D eigenvalue weighted by molar-refractivity contribution is 5.39. The lowest BCUT2D eigenvalue weighted by atomic mass is 10.2. The summed E-state index contributed by atoms with van der Waals surface area (Å²) in [6.07, 6.45) is 3.46. The Bertz CT molecular complexity index is 846. The molecule has 2 atom stereocenters. The minimum absolute atomic E-state index is 0.121. The van der Waals surface area contributed by atoms with Gasteiger partial charge in [0.15, 0.2) is 5.82 Å². The molecular weight excluding hydrogens is 323 g/mol. The molecule has 25 heavy (non-hydrogen) atoms. The summed E-state index contributed by atoms with van der Waals surface area (Å²) in [6.45, 7) is 4.10. The number of aromatic nitrogens is 4. The van der Waals surface area contributed by atoms with Gasteiger partial charge in [0.05, 0.1) is 6.54 Å². The summed E-state index contributed by atoms with van der Waals surface area (Å²) in [5.41, 5.74) is 2.06. The van der Waals surface area contributed by atoms with E-state index in [0.29, 0.717) is 44.3 Å². The zero-order chi connectivity index (χ0) is 17.2. The highest BCUT2D eigenvalue weighted by Crippen LogP contribution is 2.21. The Labute approximate surface area is 144 Å². The first-order valence-electron chi connectivity index (χ1n) is 8.48. The molecule has 1 fully saturated rings. The second-order valence-corrected chi connectivity index (χ2v) is 6.45. The van der Waals surface area contributed by atoms with Gasteiger partial charge in [-0.15, -0.1) is 0 Å². The Hall–Kier alpha value is -2.32. The Morgan fingerprint density at radius 2 is 2.32 bits per heavy atom. The van der Waals surface area contributed by atoms with Gasteiger partial charge in [-0.25, -0.2) is 9.37 Å². The largest absolute Gasteiger partial charge is 0.340 e. The third-order valence-corrected chi connectivity index (χ3v) is 4.59. The predicted octanol–water partition coefficient (Wildman–Crippen LogP) is 1.73. The van der Waals surface area contributed by atoms with Crippen molar-refractivity contribution in [2.24, 2.45) is 0 Å². The van der Waals surface area contributed by atoms with Gasteiger partial charge in [-0.3, -0.25) is 4.90 Å². The lowest BCUT2D eigenvalue weighted by molar-refractivity contribution is 0.221. The van der Waals surface area contributed by atoms with Crippen LogP contribution in [-0.2, 0) is 13.1 Å². The summed E-state index contributed by atoms with van der Waals surface area (Å²) >= 11 is 0. The summed E-state index contributed by atoms with van der Waals surface area (Å²) in [5.74, 6) is 1.15. The average Bonchev–Trinajstić information content (AvgIpc) is 3.29. The first-order chi connectivity index (χ1) is 12.2. The molecule has 1 aliphatic rings. The molecule has 0 amide bonds. The quantitative estimate of drug-likeness (QED) is 0.734. The van der Waals surface area contributed by atoms with Gasteiger partial charge in [0.25, 0.3) is 0 Å². The third kappa shape index (κ3) is 3.54. The summed E-state index contributed by atoms with van der Waals surface area (Å²) in [5, 5.41) is 7.36. The number of pyridine rings is 1. The second-order valence-electron chi connectivity index (χ2n) is 6.45. The molecule has 0 unspecified atom stereocenters. The number of hydrogen-bond donors (Lipinski definition) is 1. The molecule has 0 radical (unpaired) electrons. The van der Waals surface area contributed by atoms with Crippen LogP contribution in [0.25, 0.3) is 5.65 Å². The van der Waals surface area contributed by atoms with Gasteiger partial charge in [0.2, 0.25) is 5.89 Å². The topological polar surface area (TPSA) is 71.5 Å². The number of nitrogens with zero attached hydrogens (tertiary/aromatic N) is 5. The van der Waals surface area contributed by atoms with Gasteiger partial charge in [-0.05, 0) is 18.6 Å². The van der Waals surface area contributed by atoms with Gasteiger partial charge < -0.3 is 14.2 Å². The fourth-order valence-electron chi connectivity index (χ4n) is 3.43. The first-order valence-corrected chi connectivity index (χ1v) is 8.48. The van der Waals surface area contributed by atoms with Crippen molar-refractivity contribution >= 4 is 5.65 Å². The first kappa shape index (κ1) is 16.2. The van der Waals surface area contributed by atoms with E-state index in [1.165, 1.54) is 0 Å². The smallest absolute Gasteiger partial charge is 0.223 e. The van der Waals surface area contributed by atoms with Crippen molar-refractivity contribution < 1.29 is 8.91 Å². The molecule has 4 heterocycles. The Balaban J connectivity index is 1.36. The molecule has 7 nitrogen and oxygen atoms in total. The molecule has 8 heteroatoms. The number of aryl methyl sites for hydroxylation is 1. The number of fused-ring (bicyclic) bond motifs is 1. The standard InChI is InChI=1S/C17H21FN6O/c1-12-21-16(22-25-12)11-23-10-13(18)7-15(23)9-19-8-14-3-2-4-17-20-5-6-24(14)17/h2-6,13,15,19H,7-11H2,1H3/t13-,15-/m0/s1. The molecule has 3 aromatic heterocycles. The number of rotatable bonds is 6. The number of imidazole rings is 1. The summed E-state index contributed by atoms with van der Waals surface area (Å²) in [4.78, 5) is 10.6. The minimum atomic E-state index is -0.808. The van der Waals surface area contributed by atoms with Crippen LogP contribution in [0.3, 0.4) is 0 Å². The van der Waals surface area contributed by atoms with Crippen LogP contribution in [0.5, 0.6) is 0 Å². The highest BCUT2D eigenvalue weighted by atomic mass is 19.1. The zero-order valence-electron chi connectivity index (χ0n) is 14.1. The van der Waals surface area contributed by atoms with E-state index in [-0.39, 0.29) is 6.04 Å². The van der Waals surface area contributed by atoms with Crippen molar-refractivity contribution in [3.05, 3.63) is 48.0 Å². The lowest BCUT2D eigenvalue weighted by Gasteiger charge is -2.23. The molecule has 0 spiro atoms. The minimum Gasteiger partial charge on any atom is -0.340 e. The van der Waals surface area contributed by atoms with Crippen LogP contribution >= 0.6 is 0 Å². The molecule has 0 aliphatic carbocycles. The van der Waals surface area contributed by atoms with Crippen molar-refractivity contribution in [2.45, 2.75) is 38.6 Å². The maximum Gasteiger partial charge on any atom is 0.223 e. The number of hydrogen-bond acceptors (Lipinski definition) is 6. The van der Waals surface area contributed by atoms with Crippen LogP contribution < -0.4 is 5.32 Å². The summed E-state index contributed by atoms with van der Waals surface area (Å²) < 4.78 is 21.0. The van der Waals surface area contributed by atoms with Crippen LogP contribution in [0.15, 0.2) is 35.1 Å². The van der Waals surface area contributed by atoms with Gasteiger partial charge in [-0.1, -0.05) is 11.2 Å². The molecule has 1 saturated heterocycles. The van der Waals surface area contributed by atoms with Crippen LogP contribution in [0, 0.1) is 6.92 Å². The number of halogens is 1. The Morgan fingerprint density at radius 3 is 3.16 bits per heavy atom. The highest BCUT2D eigenvalue weighted by Gasteiger charge is 2.32. The number of nitrogens with one attached hydrogen (secondary N) is 1. The average molecular weight is 344 g/mol. The van der Waals surface area contributed by atoms with E-state index in [1.807, 2.05) is 18.3 Å². The van der Waals surface area contributed by atoms with E-state index in [9.17, 15) is 4.39 Å². The van der Waals surface area contributed by atoms with Crippen LogP contribution in [0.4, 0.5) is 4.39 Å². The van der Waals surface area contributed by atoms with Crippen LogP contribution in [0.2, 0.25) is 0 Å². The third-order valence-electron chi connectivity index (χ3n) is 4.59. The van der Waals surface area contributed by atoms with Crippen molar-refractivity contribution in [1.29, 1.82) is 0 Å². The molecule has 3 aromatic rings. The molecule has 1 N–H and O–H groups in total. The monoisotopic (exact) mass is 344 g/mol. The van der Waals surface area contributed by atoms with Gasteiger partial charge in [0, 0.05) is 50.7 Å². The predicted molar refractivity (Wildman–Crippen MR) is 89.6 cm³/mol. The molecule has 0 bridgehead atoms. The number of alkyl halides is 1. The van der Waals surface area contributed by atoms with Gasteiger partial charge in [0.1, 0.15) is 11.8 Å². The Kier molecular flexibility index (Phi) is 4.46.